The first kappa shape index (κ1) is 13.4. The van der Waals surface area contributed by atoms with Gasteiger partial charge in [0.05, 0.1) is 0 Å². The molecule has 2 aliphatic rings. The van der Waals surface area contributed by atoms with Gasteiger partial charge in [-0.25, -0.2) is 0 Å². The first-order chi connectivity index (χ1) is 8.15. The quantitative estimate of drug-likeness (QED) is 0.812. The molecule has 2 nitrogen and oxygen atoms in total. The summed E-state index contributed by atoms with van der Waals surface area (Å²) >= 11 is 0. The third kappa shape index (κ3) is 3.03. The van der Waals surface area contributed by atoms with Gasteiger partial charge in [0.2, 0.25) is 0 Å². The van der Waals surface area contributed by atoms with E-state index in [0.717, 1.165) is 18.6 Å². The minimum absolute atomic E-state index is 0.509. The van der Waals surface area contributed by atoms with Gasteiger partial charge < -0.3 is 5.32 Å². The summed E-state index contributed by atoms with van der Waals surface area (Å²) in [4.78, 5) is 2.82. The highest BCUT2D eigenvalue weighted by Crippen LogP contribution is 2.37. The number of nitrogens with one attached hydrogen (secondary N) is 1. The topological polar surface area (TPSA) is 15.3 Å². The van der Waals surface area contributed by atoms with Crippen molar-refractivity contribution in [3.05, 3.63) is 0 Å². The second kappa shape index (κ2) is 5.71. The molecule has 17 heavy (non-hydrogen) atoms. The molecule has 2 fully saturated rings. The molecule has 1 saturated heterocycles. The van der Waals surface area contributed by atoms with E-state index in [9.17, 15) is 0 Å². The molecule has 0 spiro atoms. The molecule has 1 saturated carbocycles. The average Bonchev–Trinajstić information content (AvgIpc) is 2.30. The number of nitrogens with zero attached hydrogens (tertiary/aromatic N) is 1. The standard InChI is InChI=1S/C15H30N2/c1-4-16-14-8-11-17(13(2)12-14)15(3)9-6-5-7-10-15/h13-14,16H,4-12H2,1-3H3. The first-order valence-electron chi connectivity index (χ1n) is 7.66. The van der Waals surface area contributed by atoms with Gasteiger partial charge in [0.1, 0.15) is 0 Å². The lowest BCUT2D eigenvalue weighted by atomic mass is 9.79. The van der Waals surface area contributed by atoms with Gasteiger partial charge in [-0.1, -0.05) is 26.2 Å². The van der Waals surface area contributed by atoms with Gasteiger partial charge in [-0.05, 0) is 46.1 Å². The van der Waals surface area contributed by atoms with Crippen LogP contribution < -0.4 is 5.32 Å². The number of rotatable bonds is 3. The Morgan fingerprint density at radius 3 is 2.53 bits per heavy atom. The van der Waals surface area contributed by atoms with Crippen LogP contribution in [0.3, 0.4) is 0 Å². The smallest absolute Gasteiger partial charge is 0.0184 e. The molecule has 1 heterocycles. The van der Waals surface area contributed by atoms with E-state index in [4.69, 9.17) is 0 Å². The maximum absolute atomic E-state index is 3.62. The van der Waals surface area contributed by atoms with Gasteiger partial charge >= 0.3 is 0 Å². The molecule has 0 aromatic heterocycles. The summed E-state index contributed by atoms with van der Waals surface area (Å²) in [7, 11) is 0. The Hall–Kier alpha value is -0.0800. The van der Waals surface area contributed by atoms with Gasteiger partial charge in [-0.3, -0.25) is 4.90 Å². The Morgan fingerprint density at radius 2 is 1.94 bits per heavy atom. The van der Waals surface area contributed by atoms with Crippen LogP contribution in [0.2, 0.25) is 0 Å². The lowest BCUT2D eigenvalue weighted by Crippen LogP contribution is -2.57. The van der Waals surface area contributed by atoms with Crippen LogP contribution in [0.25, 0.3) is 0 Å². The largest absolute Gasteiger partial charge is 0.314 e. The van der Waals surface area contributed by atoms with Crippen molar-refractivity contribution < 1.29 is 0 Å². The zero-order valence-electron chi connectivity index (χ0n) is 12.0. The zero-order chi connectivity index (χ0) is 12.3. The highest BCUT2D eigenvalue weighted by molar-refractivity contribution is 4.95. The molecule has 2 unspecified atom stereocenters. The van der Waals surface area contributed by atoms with Gasteiger partial charge in [0.15, 0.2) is 0 Å². The maximum Gasteiger partial charge on any atom is 0.0184 e. The van der Waals surface area contributed by atoms with E-state index in [1.54, 1.807) is 0 Å². The maximum atomic E-state index is 3.62. The molecule has 1 aliphatic carbocycles. The Kier molecular flexibility index (Phi) is 4.48. The van der Waals surface area contributed by atoms with Crippen molar-refractivity contribution in [1.82, 2.24) is 10.2 Å². The van der Waals surface area contributed by atoms with E-state index in [1.807, 2.05) is 0 Å². The lowest BCUT2D eigenvalue weighted by molar-refractivity contribution is 0.00240. The normalized spacial score (nSPS) is 34.8. The van der Waals surface area contributed by atoms with Crippen molar-refractivity contribution in [2.24, 2.45) is 0 Å². The number of hydrogen-bond donors (Lipinski definition) is 1. The Balaban J connectivity index is 1.93. The predicted molar refractivity (Wildman–Crippen MR) is 74.4 cm³/mol. The molecule has 1 N–H and O–H groups in total. The minimum Gasteiger partial charge on any atom is -0.314 e. The summed E-state index contributed by atoms with van der Waals surface area (Å²) < 4.78 is 0. The molecule has 100 valence electrons. The lowest BCUT2D eigenvalue weighted by Gasteiger charge is -2.50. The number of piperidine rings is 1. The highest BCUT2D eigenvalue weighted by atomic mass is 15.2. The SMILES string of the molecule is CCNC1CCN(C2(C)CCCCC2)C(C)C1. The molecular formula is C15H30N2. The molecule has 0 radical (unpaired) electrons. The van der Waals surface area contributed by atoms with Crippen molar-refractivity contribution >= 4 is 0 Å². The van der Waals surface area contributed by atoms with Crippen LogP contribution >= 0.6 is 0 Å². The zero-order valence-corrected chi connectivity index (χ0v) is 12.0. The fourth-order valence-corrected chi connectivity index (χ4v) is 4.05. The summed E-state index contributed by atoms with van der Waals surface area (Å²) in [5.74, 6) is 0. The van der Waals surface area contributed by atoms with Gasteiger partial charge in [0.25, 0.3) is 0 Å². The van der Waals surface area contributed by atoms with Crippen LogP contribution in [-0.2, 0) is 0 Å². The molecule has 0 aromatic carbocycles. The van der Waals surface area contributed by atoms with E-state index < -0.39 is 0 Å². The number of hydrogen-bond acceptors (Lipinski definition) is 2. The van der Waals surface area contributed by atoms with Gasteiger partial charge in [-0.2, -0.15) is 0 Å². The number of likely N-dealkylation sites (tertiary alicyclic amines) is 1. The van der Waals surface area contributed by atoms with Crippen molar-refractivity contribution in [2.75, 3.05) is 13.1 Å². The summed E-state index contributed by atoms with van der Waals surface area (Å²) in [5.41, 5.74) is 0.509. The van der Waals surface area contributed by atoms with Crippen molar-refractivity contribution in [3.63, 3.8) is 0 Å². The second-order valence-electron chi connectivity index (χ2n) is 6.38. The summed E-state index contributed by atoms with van der Waals surface area (Å²) in [5, 5.41) is 3.62. The molecule has 2 atom stereocenters. The first-order valence-corrected chi connectivity index (χ1v) is 7.66. The molecule has 2 heteroatoms. The van der Waals surface area contributed by atoms with Crippen LogP contribution in [0.5, 0.6) is 0 Å². The van der Waals surface area contributed by atoms with Gasteiger partial charge in [0, 0.05) is 24.2 Å². The molecule has 1 aliphatic heterocycles. The van der Waals surface area contributed by atoms with E-state index in [0.29, 0.717) is 5.54 Å². The van der Waals surface area contributed by atoms with E-state index >= 15 is 0 Å². The second-order valence-corrected chi connectivity index (χ2v) is 6.38. The molecule has 0 aromatic rings. The fraction of sp³-hybridized carbons (Fsp3) is 1.00. The van der Waals surface area contributed by atoms with Crippen LogP contribution in [0.1, 0.15) is 65.7 Å². The van der Waals surface area contributed by atoms with Crippen LogP contribution in [0.4, 0.5) is 0 Å². The van der Waals surface area contributed by atoms with E-state index in [2.05, 4.69) is 31.0 Å². The van der Waals surface area contributed by atoms with E-state index in [-0.39, 0.29) is 0 Å². The molecular weight excluding hydrogens is 208 g/mol. The third-order valence-electron chi connectivity index (χ3n) is 4.99. The van der Waals surface area contributed by atoms with Crippen LogP contribution in [-0.4, -0.2) is 35.6 Å². The Bertz CT molecular complexity index is 233. The third-order valence-corrected chi connectivity index (χ3v) is 4.99. The highest BCUT2D eigenvalue weighted by Gasteiger charge is 2.38. The van der Waals surface area contributed by atoms with Crippen molar-refractivity contribution in [3.8, 4) is 0 Å². The Labute approximate surface area is 107 Å². The Morgan fingerprint density at radius 1 is 1.24 bits per heavy atom. The van der Waals surface area contributed by atoms with Crippen molar-refractivity contribution in [2.45, 2.75) is 83.3 Å². The van der Waals surface area contributed by atoms with Gasteiger partial charge in [-0.15, -0.1) is 0 Å². The monoisotopic (exact) mass is 238 g/mol. The summed E-state index contributed by atoms with van der Waals surface area (Å²) in [6.07, 6.45) is 9.86. The summed E-state index contributed by atoms with van der Waals surface area (Å²) in [6, 6.07) is 1.52. The average molecular weight is 238 g/mol. The molecule has 2 rings (SSSR count). The van der Waals surface area contributed by atoms with Crippen molar-refractivity contribution in [1.29, 1.82) is 0 Å². The van der Waals surface area contributed by atoms with Crippen LogP contribution in [0, 0.1) is 0 Å². The van der Waals surface area contributed by atoms with E-state index in [1.165, 1.54) is 51.5 Å². The summed E-state index contributed by atoms with van der Waals surface area (Å²) in [6.45, 7) is 9.59. The minimum atomic E-state index is 0.509. The molecule has 0 amide bonds. The predicted octanol–water partition coefficient (Wildman–Crippen LogP) is 3.17. The van der Waals surface area contributed by atoms with Crippen LogP contribution in [0.15, 0.2) is 0 Å². The molecule has 0 bridgehead atoms. The fourth-order valence-electron chi connectivity index (χ4n) is 4.05.